The third-order valence-electron chi connectivity index (χ3n) is 4.97. The molecule has 1 saturated heterocycles. The van der Waals surface area contributed by atoms with Crippen molar-refractivity contribution in [1.82, 2.24) is 20.3 Å². The molecule has 6 nitrogen and oxygen atoms in total. The molecule has 8 heteroatoms. The van der Waals surface area contributed by atoms with Gasteiger partial charge in [0, 0.05) is 16.7 Å². The van der Waals surface area contributed by atoms with Gasteiger partial charge in [-0.2, -0.15) is 0 Å². The van der Waals surface area contributed by atoms with Crippen LogP contribution in [0.4, 0.5) is 5.69 Å². The van der Waals surface area contributed by atoms with E-state index in [1.807, 2.05) is 28.6 Å². The number of amides is 1. The lowest BCUT2D eigenvalue weighted by atomic mass is 10.1. The maximum Gasteiger partial charge on any atom is 0.280 e. The number of hydrogen-bond donors (Lipinski definition) is 1. The first-order valence-electron chi connectivity index (χ1n) is 8.38. The van der Waals surface area contributed by atoms with E-state index in [2.05, 4.69) is 37.6 Å². The van der Waals surface area contributed by atoms with Gasteiger partial charge in [0.2, 0.25) is 0 Å². The molecular formula is C17H21BrClN5O. The van der Waals surface area contributed by atoms with Gasteiger partial charge in [-0.05, 0) is 63.0 Å². The maximum absolute atomic E-state index is 13.0. The van der Waals surface area contributed by atoms with Gasteiger partial charge in [0.25, 0.3) is 5.91 Å². The average Bonchev–Trinajstić information content (AvgIpc) is 3.18. The van der Waals surface area contributed by atoms with Crippen molar-refractivity contribution in [2.75, 3.05) is 24.5 Å². The van der Waals surface area contributed by atoms with Crippen LogP contribution in [0.2, 0.25) is 0 Å². The predicted molar refractivity (Wildman–Crippen MR) is 103 cm³/mol. The van der Waals surface area contributed by atoms with Gasteiger partial charge in [0.15, 0.2) is 5.69 Å². The number of nitrogens with one attached hydrogen (secondary N) is 1. The summed E-state index contributed by atoms with van der Waals surface area (Å²) >= 11 is 3.49. The van der Waals surface area contributed by atoms with Gasteiger partial charge in [-0.1, -0.05) is 21.1 Å². The number of halogens is 2. The molecule has 0 saturated carbocycles. The fourth-order valence-corrected chi connectivity index (χ4v) is 4.05. The molecule has 0 unspecified atom stereocenters. The maximum atomic E-state index is 13.0. The lowest BCUT2D eigenvalue weighted by molar-refractivity contribution is 0.0984. The fourth-order valence-electron chi connectivity index (χ4n) is 3.65. The van der Waals surface area contributed by atoms with E-state index in [1.165, 1.54) is 5.56 Å². The number of hydrogen-bond acceptors (Lipinski definition) is 4. The molecule has 0 atom stereocenters. The Hall–Kier alpha value is -1.44. The van der Waals surface area contributed by atoms with E-state index < -0.39 is 0 Å². The lowest BCUT2D eigenvalue weighted by Gasteiger charge is -2.23. The third-order valence-corrected chi connectivity index (χ3v) is 5.46. The first kappa shape index (κ1) is 18.4. The van der Waals surface area contributed by atoms with Crippen molar-refractivity contribution in [2.24, 2.45) is 0 Å². The van der Waals surface area contributed by atoms with Gasteiger partial charge in [0.1, 0.15) is 0 Å². The summed E-state index contributed by atoms with van der Waals surface area (Å²) in [6.45, 7) is 4.63. The molecule has 3 heterocycles. The van der Waals surface area contributed by atoms with Crippen molar-refractivity contribution in [3.63, 3.8) is 0 Å². The standard InChI is InChI=1S/C17H20BrN5O.ClH/c1-11-16(20-21-23(11)14-4-7-19-8-5-14)17(24)22-9-6-12-10-13(18)2-3-15(12)22;/h2-3,10,14,19H,4-9H2,1H3;1H. The zero-order valence-corrected chi connectivity index (χ0v) is 16.4. The van der Waals surface area contributed by atoms with Crippen LogP contribution in [0.5, 0.6) is 0 Å². The van der Waals surface area contributed by atoms with Gasteiger partial charge in [0.05, 0.1) is 11.7 Å². The Labute approximate surface area is 161 Å². The number of nitrogens with zero attached hydrogens (tertiary/aromatic N) is 4. The minimum Gasteiger partial charge on any atom is -0.317 e. The third kappa shape index (κ3) is 3.32. The highest BCUT2D eigenvalue weighted by Gasteiger charge is 2.30. The largest absolute Gasteiger partial charge is 0.317 e. The van der Waals surface area contributed by atoms with E-state index >= 15 is 0 Å². The van der Waals surface area contributed by atoms with Crippen LogP contribution < -0.4 is 10.2 Å². The molecule has 4 rings (SSSR count). The fraction of sp³-hybridized carbons (Fsp3) is 0.471. The highest BCUT2D eigenvalue weighted by molar-refractivity contribution is 9.10. The number of carbonyl (C=O) groups is 1. The number of anilines is 1. The summed E-state index contributed by atoms with van der Waals surface area (Å²) in [4.78, 5) is 14.8. The Morgan fingerprint density at radius 2 is 2.08 bits per heavy atom. The summed E-state index contributed by atoms with van der Waals surface area (Å²) in [6.07, 6.45) is 2.93. The van der Waals surface area contributed by atoms with Gasteiger partial charge in [-0.3, -0.25) is 4.79 Å². The molecule has 134 valence electrons. The highest BCUT2D eigenvalue weighted by Crippen LogP contribution is 2.32. The molecule has 0 spiro atoms. The number of piperidine rings is 1. The summed E-state index contributed by atoms with van der Waals surface area (Å²) in [5.41, 5.74) is 3.53. The van der Waals surface area contributed by atoms with E-state index in [1.54, 1.807) is 0 Å². The summed E-state index contributed by atoms with van der Waals surface area (Å²) < 4.78 is 2.98. The van der Waals surface area contributed by atoms with Crippen molar-refractivity contribution in [2.45, 2.75) is 32.2 Å². The van der Waals surface area contributed by atoms with Crippen LogP contribution in [0.25, 0.3) is 0 Å². The first-order valence-corrected chi connectivity index (χ1v) is 9.17. The topological polar surface area (TPSA) is 63.1 Å². The van der Waals surface area contributed by atoms with Gasteiger partial charge in [-0.15, -0.1) is 17.5 Å². The Morgan fingerprint density at radius 3 is 2.84 bits per heavy atom. The van der Waals surface area contributed by atoms with Crippen molar-refractivity contribution in [3.8, 4) is 0 Å². The molecule has 0 aliphatic carbocycles. The van der Waals surface area contributed by atoms with Crippen LogP contribution in [-0.4, -0.2) is 40.5 Å². The molecule has 1 aromatic carbocycles. The first-order chi connectivity index (χ1) is 11.6. The van der Waals surface area contributed by atoms with Crippen LogP contribution in [-0.2, 0) is 6.42 Å². The van der Waals surface area contributed by atoms with Crippen LogP contribution in [0, 0.1) is 6.92 Å². The quantitative estimate of drug-likeness (QED) is 0.802. The zero-order chi connectivity index (χ0) is 16.7. The van der Waals surface area contributed by atoms with E-state index in [0.717, 1.165) is 48.2 Å². The molecule has 2 aliphatic rings. The SMILES string of the molecule is Cc1c(C(=O)N2CCc3cc(Br)ccc32)nnn1C1CCNCC1.Cl. The Bertz CT molecular complexity index is 787. The van der Waals surface area contributed by atoms with Crippen molar-refractivity contribution >= 4 is 39.9 Å². The van der Waals surface area contributed by atoms with Crippen LogP contribution >= 0.6 is 28.3 Å². The predicted octanol–water partition coefficient (Wildman–Crippen LogP) is 2.90. The molecule has 1 amide bonds. The normalized spacial score (nSPS) is 17.3. The molecule has 1 aromatic heterocycles. The Kier molecular flexibility index (Phi) is 5.46. The second-order valence-electron chi connectivity index (χ2n) is 6.43. The number of benzene rings is 1. The van der Waals surface area contributed by atoms with E-state index in [-0.39, 0.29) is 18.3 Å². The van der Waals surface area contributed by atoms with Crippen LogP contribution in [0.15, 0.2) is 22.7 Å². The highest BCUT2D eigenvalue weighted by atomic mass is 79.9. The van der Waals surface area contributed by atoms with Crippen molar-refractivity contribution in [1.29, 1.82) is 0 Å². The molecule has 0 bridgehead atoms. The Morgan fingerprint density at radius 1 is 1.32 bits per heavy atom. The second-order valence-corrected chi connectivity index (χ2v) is 7.34. The molecular weight excluding hydrogens is 406 g/mol. The molecule has 1 fully saturated rings. The van der Waals surface area contributed by atoms with Gasteiger partial charge >= 0.3 is 0 Å². The molecule has 1 N–H and O–H groups in total. The molecule has 0 radical (unpaired) electrons. The summed E-state index contributed by atoms with van der Waals surface area (Å²) in [6, 6.07) is 6.39. The van der Waals surface area contributed by atoms with Gasteiger partial charge < -0.3 is 10.2 Å². The molecule has 2 aromatic rings. The van der Waals surface area contributed by atoms with Crippen LogP contribution in [0.1, 0.15) is 40.6 Å². The van der Waals surface area contributed by atoms with Crippen LogP contribution in [0.3, 0.4) is 0 Å². The van der Waals surface area contributed by atoms with E-state index in [0.29, 0.717) is 18.3 Å². The smallest absolute Gasteiger partial charge is 0.280 e. The van der Waals surface area contributed by atoms with E-state index in [4.69, 9.17) is 0 Å². The minimum absolute atomic E-state index is 0. The van der Waals surface area contributed by atoms with E-state index in [9.17, 15) is 4.79 Å². The average molecular weight is 427 g/mol. The van der Waals surface area contributed by atoms with Crippen molar-refractivity contribution < 1.29 is 4.79 Å². The number of fused-ring (bicyclic) bond motifs is 1. The zero-order valence-electron chi connectivity index (χ0n) is 14.0. The number of aromatic nitrogens is 3. The monoisotopic (exact) mass is 425 g/mol. The summed E-state index contributed by atoms with van der Waals surface area (Å²) in [7, 11) is 0. The van der Waals surface area contributed by atoms with Crippen molar-refractivity contribution in [3.05, 3.63) is 39.6 Å². The minimum atomic E-state index is -0.0474. The number of rotatable bonds is 2. The summed E-state index contributed by atoms with van der Waals surface area (Å²) in [5, 5.41) is 11.9. The lowest BCUT2D eigenvalue weighted by Crippen LogP contribution is -2.31. The summed E-state index contributed by atoms with van der Waals surface area (Å²) in [5.74, 6) is -0.0474. The van der Waals surface area contributed by atoms with Gasteiger partial charge in [-0.25, -0.2) is 4.68 Å². The molecule has 25 heavy (non-hydrogen) atoms. The Balaban J connectivity index is 0.00000182. The number of carbonyl (C=O) groups excluding carboxylic acids is 1. The molecule has 2 aliphatic heterocycles. The second kappa shape index (κ2) is 7.43.